The Labute approximate surface area is 519 Å². The number of hydrogen-bond acceptors (Lipinski definition) is 6. The van der Waals surface area contributed by atoms with Crippen LogP contribution in [0.1, 0.15) is 432 Å². The van der Waals surface area contributed by atoms with Crippen molar-refractivity contribution >= 4 is 17.9 Å². The van der Waals surface area contributed by atoms with Gasteiger partial charge in [0.25, 0.3) is 0 Å². The van der Waals surface area contributed by atoms with Gasteiger partial charge in [0, 0.05) is 19.3 Å². The third kappa shape index (κ3) is 70.5. The summed E-state index contributed by atoms with van der Waals surface area (Å²) in [7, 11) is 0. The molecule has 0 aliphatic rings. The highest BCUT2D eigenvalue weighted by atomic mass is 16.6. The zero-order valence-corrected chi connectivity index (χ0v) is 56.5. The molecule has 0 bridgehead atoms. The number of carbonyl (C=O) groups excluding carboxylic acids is 3. The summed E-state index contributed by atoms with van der Waals surface area (Å²) in [5, 5.41) is 0. The Morgan fingerprint density at radius 1 is 0.241 bits per heavy atom. The van der Waals surface area contributed by atoms with Crippen LogP contribution in [0.25, 0.3) is 0 Å². The van der Waals surface area contributed by atoms with Gasteiger partial charge in [-0.25, -0.2) is 0 Å². The standard InChI is InChI=1S/C77H146O6/c1-4-7-10-13-16-19-22-25-28-30-32-34-35-36-37-38-39-40-41-42-44-45-47-49-52-55-58-61-64-67-70-76(79)82-73-74(72-81-75(78)69-66-63-60-57-54-51-27-24-21-18-15-12-9-6-3)83-77(80)71-68-65-62-59-56-53-50-48-46-43-33-31-29-26-23-20-17-14-11-8-5-2/h23,26,31,33,74H,4-22,24-25,27-30,32,34-73H2,1-3H3/b26-23-,33-31-. The van der Waals surface area contributed by atoms with Crippen LogP contribution in [-0.4, -0.2) is 37.2 Å². The maximum Gasteiger partial charge on any atom is 0.306 e. The van der Waals surface area contributed by atoms with Gasteiger partial charge in [0.2, 0.25) is 0 Å². The lowest BCUT2D eigenvalue weighted by molar-refractivity contribution is -0.167. The molecule has 83 heavy (non-hydrogen) atoms. The summed E-state index contributed by atoms with van der Waals surface area (Å²) in [6.45, 7) is 6.72. The Balaban J connectivity index is 4.17. The van der Waals surface area contributed by atoms with Crippen molar-refractivity contribution in [3.8, 4) is 0 Å². The highest BCUT2D eigenvalue weighted by Crippen LogP contribution is 2.19. The number of rotatable bonds is 71. The van der Waals surface area contributed by atoms with Gasteiger partial charge in [-0.2, -0.15) is 0 Å². The van der Waals surface area contributed by atoms with Crippen LogP contribution in [0, 0.1) is 0 Å². The molecule has 0 aliphatic heterocycles. The van der Waals surface area contributed by atoms with E-state index in [-0.39, 0.29) is 31.1 Å². The first-order valence-corrected chi connectivity index (χ1v) is 37.8. The second kappa shape index (κ2) is 72.4. The van der Waals surface area contributed by atoms with Crippen LogP contribution < -0.4 is 0 Å². The van der Waals surface area contributed by atoms with Crippen LogP contribution >= 0.6 is 0 Å². The lowest BCUT2D eigenvalue weighted by Crippen LogP contribution is -2.30. The topological polar surface area (TPSA) is 78.9 Å². The van der Waals surface area contributed by atoms with Gasteiger partial charge in [0.15, 0.2) is 6.10 Å². The summed E-state index contributed by atoms with van der Waals surface area (Å²) in [6.07, 6.45) is 89.4. The summed E-state index contributed by atoms with van der Waals surface area (Å²) in [5.41, 5.74) is 0. The minimum absolute atomic E-state index is 0.0662. The summed E-state index contributed by atoms with van der Waals surface area (Å²) >= 11 is 0. The number of esters is 3. The van der Waals surface area contributed by atoms with Crippen molar-refractivity contribution in [3.63, 3.8) is 0 Å². The van der Waals surface area contributed by atoms with E-state index in [4.69, 9.17) is 14.2 Å². The number of allylic oxidation sites excluding steroid dienone is 4. The molecular formula is C77H146O6. The van der Waals surface area contributed by atoms with E-state index in [9.17, 15) is 14.4 Å². The van der Waals surface area contributed by atoms with Crippen molar-refractivity contribution < 1.29 is 28.6 Å². The predicted molar refractivity (Wildman–Crippen MR) is 363 cm³/mol. The number of hydrogen-bond donors (Lipinski definition) is 0. The lowest BCUT2D eigenvalue weighted by atomic mass is 10.0. The van der Waals surface area contributed by atoms with Crippen molar-refractivity contribution in [3.05, 3.63) is 24.3 Å². The fraction of sp³-hybridized carbons (Fsp3) is 0.909. The van der Waals surface area contributed by atoms with Gasteiger partial charge >= 0.3 is 17.9 Å². The first-order chi connectivity index (χ1) is 41.0. The fourth-order valence-electron chi connectivity index (χ4n) is 11.8. The van der Waals surface area contributed by atoms with E-state index in [0.29, 0.717) is 19.3 Å². The molecule has 0 fully saturated rings. The molecule has 490 valence electrons. The second-order valence-corrected chi connectivity index (χ2v) is 25.9. The molecular weight excluding hydrogens is 1020 g/mol. The second-order valence-electron chi connectivity index (χ2n) is 25.9. The predicted octanol–water partition coefficient (Wildman–Crippen LogP) is 26.1. The largest absolute Gasteiger partial charge is 0.462 e. The molecule has 0 saturated heterocycles. The maximum atomic E-state index is 13.0. The van der Waals surface area contributed by atoms with Crippen LogP contribution in [-0.2, 0) is 28.6 Å². The molecule has 0 aromatic rings. The monoisotopic (exact) mass is 1170 g/mol. The first kappa shape index (κ1) is 80.9. The van der Waals surface area contributed by atoms with Gasteiger partial charge in [0.05, 0.1) is 0 Å². The highest BCUT2D eigenvalue weighted by molar-refractivity contribution is 5.71. The molecule has 0 saturated carbocycles. The molecule has 6 heteroatoms. The van der Waals surface area contributed by atoms with Crippen molar-refractivity contribution in [2.75, 3.05) is 13.2 Å². The third-order valence-corrected chi connectivity index (χ3v) is 17.5. The molecule has 0 aliphatic carbocycles. The molecule has 0 N–H and O–H groups in total. The minimum atomic E-state index is -0.771. The molecule has 0 radical (unpaired) electrons. The minimum Gasteiger partial charge on any atom is -0.462 e. The summed E-state index contributed by atoms with van der Waals surface area (Å²) < 4.78 is 17.0. The van der Waals surface area contributed by atoms with Gasteiger partial charge < -0.3 is 14.2 Å². The molecule has 0 rings (SSSR count). The highest BCUT2D eigenvalue weighted by Gasteiger charge is 2.20. The zero-order chi connectivity index (χ0) is 59.9. The van der Waals surface area contributed by atoms with Crippen molar-refractivity contribution in [2.24, 2.45) is 0 Å². The van der Waals surface area contributed by atoms with E-state index in [1.165, 1.54) is 327 Å². The van der Waals surface area contributed by atoms with Gasteiger partial charge in [-0.05, 0) is 51.4 Å². The van der Waals surface area contributed by atoms with E-state index in [1.54, 1.807) is 0 Å². The van der Waals surface area contributed by atoms with E-state index in [1.807, 2.05) is 0 Å². The summed E-state index contributed by atoms with van der Waals surface area (Å²) in [4.78, 5) is 38.5. The van der Waals surface area contributed by atoms with Crippen LogP contribution in [0.3, 0.4) is 0 Å². The zero-order valence-electron chi connectivity index (χ0n) is 56.5. The molecule has 0 spiro atoms. The Hall–Kier alpha value is -2.11. The Kier molecular flexibility index (Phi) is 70.5. The average molecular weight is 1170 g/mol. The molecule has 6 nitrogen and oxygen atoms in total. The van der Waals surface area contributed by atoms with Crippen LogP contribution in [0.15, 0.2) is 24.3 Å². The van der Waals surface area contributed by atoms with Gasteiger partial charge in [-0.1, -0.05) is 385 Å². The molecule has 0 amide bonds. The number of carbonyl (C=O) groups is 3. The van der Waals surface area contributed by atoms with Crippen LogP contribution in [0.2, 0.25) is 0 Å². The van der Waals surface area contributed by atoms with E-state index < -0.39 is 6.10 Å². The quantitative estimate of drug-likeness (QED) is 0.0261. The maximum absolute atomic E-state index is 13.0. The Bertz CT molecular complexity index is 1340. The van der Waals surface area contributed by atoms with Crippen molar-refractivity contribution in [1.82, 2.24) is 0 Å². The van der Waals surface area contributed by atoms with Crippen LogP contribution in [0.4, 0.5) is 0 Å². The van der Waals surface area contributed by atoms with E-state index >= 15 is 0 Å². The Morgan fingerprint density at radius 2 is 0.434 bits per heavy atom. The molecule has 0 aromatic heterocycles. The number of unbranched alkanes of at least 4 members (excludes halogenated alkanes) is 56. The lowest BCUT2D eigenvalue weighted by Gasteiger charge is -2.18. The normalized spacial score (nSPS) is 12.1. The van der Waals surface area contributed by atoms with Gasteiger partial charge in [0.1, 0.15) is 13.2 Å². The first-order valence-electron chi connectivity index (χ1n) is 37.8. The van der Waals surface area contributed by atoms with Gasteiger partial charge in [-0.15, -0.1) is 0 Å². The molecule has 0 aromatic carbocycles. The average Bonchev–Trinajstić information content (AvgIpc) is 3.49. The molecule has 0 heterocycles. The summed E-state index contributed by atoms with van der Waals surface area (Å²) in [5.74, 6) is -0.835. The summed E-state index contributed by atoms with van der Waals surface area (Å²) in [6, 6.07) is 0. The van der Waals surface area contributed by atoms with Crippen LogP contribution in [0.5, 0.6) is 0 Å². The van der Waals surface area contributed by atoms with Crippen molar-refractivity contribution in [1.29, 1.82) is 0 Å². The fourth-order valence-corrected chi connectivity index (χ4v) is 11.8. The number of ether oxygens (including phenoxy) is 3. The smallest absolute Gasteiger partial charge is 0.306 e. The molecule has 1 atom stereocenters. The third-order valence-electron chi connectivity index (χ3n) is 17.5. The Morgan fingerprint density at radius 3 is 0.663 bits per heavy atom. The van der Waals surface area contributed by atoms with E-state index in [2.05, 4.69) is 45.1 Å². The van der Waals surface area contributed by atoms with E-state index in [0.717, 1.165) is 64.2 Å². The van der Waals surface area contributed by atoms with Crippen molar-refractivity contribution in [2.45, 2.75) is 438 Å². The SMILES string of the molecule is CCCCCCC/C=C\C/C=C\CCCCCCCCCCCC(=O)OC(COC(=O)CCCCCCCCCCCCCCCC)COC(=O)CCCCCCCCCCCCCCCCCCCCCCCCCCCCCCCC. The molecule has 1 unspecified atom stereocenters. The van der Waals surface area contributed by atoms with Gasteiger partial charge in [-0.3, -0.25) is 14.4 Å².